The van der Waals surface area contributed by atoms with Crippen LogP contribution in [0.2, 0.25) is 0 Å². The number of hydrazine groups is 1. The van der Waals surface area contributed by atoms with Crippen molar-refractivity contribution in [1.29, 1.82) is 0 Å². The van der Waals surface area contributed by atoms with Crippen molar-refractivity contribution in [1.82, 2.24) is 15.8 Å². The van der Waals surface area contributed by atoms with Crippen molar-refractivity contribution in [3.63, 3.8) is 0 Å². The molecule has 0 saturated heterocycles. The summed E-state index contributed by atoms with van der Waals surface area (Å²) in [6, 6.07) is 11.5. The molecule has 0 unspecified atom stereocenters. The topological polar surface area (TPSA) is 74.0 Å². The Kier molecular flexibility index (Phi) is 3.61. The summed E-state index contributed by atoms with van der Waals surface area (Å²) in [5.41, 5.74) is 8.39. The molecule has 24 heavy (non-hydrogen) atoms. The molecule has 1 aliphatic rings. The summed E-state index contributed by atoms with van der Waals surface area (Å²) in [5, 5.41) is 2.10. The van der Waals surface area contributed by atoms with E-state index >= 15 is 0 Å². The van der Waals surface area contributed by atoms with Gasteiger partial charge in [0.15, 0.2) is 0 Å². The standard InChI is InChI=1S/C18H14BrN3O2/c19-12-8-15(20-9-12)18(24)22-21-17(23)14-7-6-11-5-4-10-2-1-3-13(14)16(10)11/h1-3,6-9,20H,4-5H2,(H,21,23)(H,22,24). The van der Waals surface area contributed by atoms with Crippen LogP contribution in [0.3, 0.4) is 0 Å². The lowest BCUT2D eigenvalue weighted by molar-refractivity contribution is 0.0845. The van der Waals surface area contributed by atoms with Gasteiger partial charge in [-0.05, 0) is 62.8 Å². The first kappa shape index (κ1) is 15.0. The highest BCUT2D eigenvalue weighted by Gasteiger charge is 2.19. The van der Waals surface area contributed by atoms with Gasteiger partial charge in [-0.15, -0.1) is 0 Å². The Morgan fingerprint density at radius 3 is 2.50 bits per heavy atom. The summed E-state index contributed by atoms with van der Waals surface area (Å²) in [4.78, 5) is 27.3. The van der Waals surface area contributed by atoms with Gasteiger partial charge in [0.25, 0.3) is 11.8 Å². The third-order valence-corrected chi connectivity index (χ3v) is 4.76. The molecule has 0 atom stereocenters. The Balaban J connectivity index is 1.57. The van der Waals surface area contributed by atoms with Crippen molar-refractivity contribution in [3.8, 4) is 0 Å². The van der Waals surface area contributed by atoms with Gasteiger partial charge >= 0.3 is 0 Å². The Morgan fingerprint density at radius 2 is 1.75 bits per heavy atom. The number of nitrogens with one attached hydrogen (secondary N) is 3. The van der Waals surface area contributed by atoms with E-state index in [9.17, 15) is 9.59 Å². The summed E-state index contributed by atoms with van der Waals surface area (Å²) in [6.45, 7) is 0. The van der Waals surface area contributed by atoms with E-state index in [1.165, 1.54) is 16.5 Å². The second-order valence-electron chi connectivity index (χ2n) is 5.75. The zero-order valence-corrected chi connectivity index (χ0v) is 14.2. The number of carbonyl (C=O) groups is 2. The van der Waals surface area contributed by atoms with Gasteiger partial charge in [0.1, 0.15) is 5.69 Å². The molecule has 5 nitrogen and oxygen atoms in total. The lowest BCUT2D eigenvalue weighted by Gasteiger charge is -2.10. The fourth-order valence-electron chi connectivity index (χ4n) is 3.19. The van der Waals surface area contributed by atoms with Crippen LogP contribution in [0.15, 0.2) is 47.1 Å². The van der Waals surface area contributed by atoms with Crippen LogP contribution in [0, 0.1) is 0 Å². The van der Waals surface area contributed by atoms with Crippen LogP contribution in [0.4, 0.5) is 0 Å². The average molecular weight is 384 g/mol. The third kappa shape index (κ3) is 2.49. The largest absolute Gasteiger partial charge is 0.356 e. The molecule has 0 bridgehead atoms. The fourth-order valence-corrected chi connectivity index (χ4v) is 3.54. The minimum atomic E-state index is -0.403. The first-order valence-corrected chi connectivity index (χ1v) is 8.41. The predicted molar refractivity (Wildman–Crippen MR) is 94.8 cm³/mol. The van der Waals surface area contributed by atoms with E-state index in [0.717, 1.165) is 22.7 Å². The molecule has 1 aliphatic carbocycles. The second kappa shape index (κ2) is 5.79. The second-order valence-corrected chi connectivity index (χ2v) is 6.67. The number of aromatic amines is 1. The zero-order valence-electron chi connectivity index (χ0n) is 12.7. The van der Waals surface area contributed by atoms with Crippen LogP contribution in [0.1, 0.15) is 32.0 Å². The number of halogens is 1. The van der Waals surface area contributed by atoms with E-state index in [2.05, 4.69) is 37.8 Å². The molecule has 4 rings (SSSR count). The Bertz CT molecular complexity index is 967. The molecule has 1 heterocycles. The number of carbonyl (C=O) groups excluding carboxylic acids is 2. The van der Waals surface area contributed by atoms with Crippen molar-refractivity contribution in [2.75, 3.05) is 0 Å². The van der Waals surface area contributed by atoms with Gasteiger partial charge in [-0.2, -0.15) is 0 Å². The van der Waals surface area contributed by atoms with Crippen LogP contribution < -0.4 is 10.9 Å². The predicted octanol–water partition coefficient (Wildman–Crippen LogP) is 3.10. The van der Waals surface area contributed by atoms with E-state index < -0.39 is 5.91 Å². The summed E-state index contributed by atoms with van der Waals surface area (Å²) < 4.78 is 0.770. The van der Waals surface area contributed by atoms with Gasteiger partial charge in [-0.1, -0.05) is 24.3 Å². The highest BCUT2D eigenvalue weighted by atomic mass is 79.9. The van der Waals surface area contributed by atoms with Gasteiger partial charge < -0.3 is 4.98 Å². The van der Waals surface area contributed by atoms with Crippen molar-refractivity contribution in [2.24, 2.45) is 0 Å². The smallest absolute Gasteiger partial charge is 0.286 e. The molecule has 120 valence electrons. The lowest BCUT2D eigenvalue weighted by Crippen LogP contribution is -2.41. The fraction of sp³-hybridized carbons (Fsp3) is 0.111. The summed E-state index contributed by atoms with van der Waals surface area (Å²) in [5.74, 6) is -0.732. The molecule has 2 amide bonds. The van der Waals surface area contributed by atoms with Crippen molar-refractivity contribution >= 4 is 38.5 Å². The molecule has 0 aliphatic heterocycles. The number of hydrogen-bond acceptors (Lipinski definition) is 2. The first-order chi connectivity index (χ1) is 11.6. The van der Waals surface area contributed by atoms with E-state index in [4.69, 9.17) is 0 Å². The van der Waals surface area contributed by atoms with Gasteiger partial charge in [0.05, 0.1) is 0 Å². The molecule has 0 spiro atoms. The number of aromatic nitrogens is 1. The van der Waals surface area contributed by atoms with E-state index in [1.54, 1.807) is 12.3 Å². The monoisotopic (exact) mass is 383 g/mol. The Hall–Kier alpha value is -2.60. The van der Waals surface area contributed by atoms with Gasteiger partial charge in [0.2, 0.25) is 0 Å². The minimum absolute atomic E-state index is 0.329. The molecule has 1 aromatic heterocycles. The minimum Gasteiger partial charge on any atom is -0.356 e. The SMILES string of the molecule is O=C(NNC(=O)c1ccc2c3c(cccc13)CC2)c1cc(Br)c[nH]1. The highest BCUT2D eigenvalue weighted by molar-refractivity contribution is 9.10. The molecule has 0 saturated carbocycles. The van der Waals surface area contributed by atoms with Crippen LogP contribution in [0.5, 0.6) is 0 Å². The quantitative estimate of drug-likeness (QED) is 0.594. The summed E-state index contributed by atoms with van der Waals surface area (Å²) in [7, 11) is 0. The van der Waals surface area contributed by atoms with Gasteiger partial charge in [-0.25, -0.2) is 0 Å². The molecule has 3 N–H and O–H groups in total. The maximum Gasteiger partial charge on any atom is 0.286 e. The third-order valence-electron chi connectivity index (χ3n) is 4.30. The number of aryl methyl sites for hydroxylation is 2. The van der Waals surface area contributed by atoms with Gasteiger partial charge in [0, 0.05) is 16.2 Å². The molecular weight excluding hydrogens is 370 g/mol. The van der Waals surface area contributed by atoms with Crippen LogP contribution in [0.25, 0.3) is 10.8 Å². The molecule has 3 aromatic rings. The van der Waals surface area contributed by atoms with E-state index in [-0.39, 0.29) is 5.91 Å². The van der Waals surface area contributed by atoms with E-state index in [1.807, 2.05) is 24.3 Å². The van der Waals surface area contributed by atoms with Crippen molar-refractivity contribution in [3.05, 3.63) is 69.5 Å². The molecule has 2 aromatic carbocycles. The van der Waals surface area contributed by atoms with Gasteiger partial charge in [-0.3, -0.25) is 20.4 Å². The van der Waals surface area contributed by atoms with Crippen molar-refractivity contribution in [2.45, 2.75) is 12.8 Å². The molecule has 0 fully saturated rings. The van der Waals surface area contributed by atoms with Crippen molar-refractivity contribution < 1.29 is 9.59 Å². The normalized spacial score (nSPS) is 12.4. The first-order valence-electron chi connectivity index (χ1n) is 7.61. The average Bonchev–Trinajstić information content (AvgIpc) is 3.21. The van der Waals surface area contributed by atoms with Crippen LogP contribution in [-0.4, -0.2) is 16.8 Å². The maximum absolute atomic E-state index is 12.5. The van der Waals surface area contributed by atoms with E-state index in [0.29, 0.717) is 11.3 Å². The number of benzene rings is 2. The molecule has 6 heteroatoms. The number of H-pyrrole nitrogens is 1. The van der Waals surface area contributed by atoms with Crippen LogP contribution >= 0.6 is 15.9 Å². The Morgan fingerprint density at radius 1 is 1.00 bits per heavy atom. The number of hydrogen-bond donors (Lipinski definition) is 3. The molecular formula is C18H14BrN3O2. The Labute approximate surface area is 146 Å². The highest BCUT2D eigenvalue weighted by Crippen LogP contribution is 2.32. The van der Waals surface area contributed by atoms with Crippen LogP contribution in [-0.2, 0) is 12.8 Å². The summed E-state index contributed by atoms with van der Waals surface area (Å²) >= 11 is 3.27. The maximum atomic E-state index is 12.5. The lowest BCUT2D eigenvalue weighted by atomic mass is 10.00. The number of rotatable bonds is 2. The summed E-state index contributed by atoms with van der Waals surface area (Å²) in [6.07, 6.45) is 3.67. The molecule has 0 radical (unpaired) electrons. The number of amides is 2. The zero-order chi connectivity index (χ0) is 16.7.